The average Bonchev–Trinajstić information content (AvgIpc) is 2.36. The first kappa shape index (κ1) is 15.7. The van der Waals surface area contributed by atoms with E-state index in [1.807, 2.05) is 18.2 Å². The number of nitrogens with zero attached hydrogens (tertiary/aromatic N) is 2. The molecule has 0 aliphatic rings. The summed E-state index contributed by atoms with van der Waals surface area (Å²) in [6.07, 6.45) is 1.03. The largest absolute Gasteiger partial charge is 0.370 e. The van der Waals surface area contributed by atoms with E-state index in [1.54, 1.807) is 0 Å². The zero-order valence-corrected chi connectivity index (χ0v) is 12.5. The van der Waals surface area contributed by atoms with Crippen molar-refractivity contribution < 1.29 is 8.42 Å². The molecule has 0 aliphatic heterocycles. The van der Waals surface area contributed by atoms with Crippen LogP contribution in [-0.4, -0.2) is 50.6 Å². The van der Waals surface area contributed by atoms with E-state index < -0.39 is 10.0 Å². The molecule has 1 aromatic rings. The molecule has 0 atom stereocenters. The molecule has 0 unspecified atom stereocenters. The van der Waals surface area contributed by atoms with Gasteiger partial charge in [-0.05, 0) is 18.6 Å². The van der Waals surface area contributed by atoms with Crippen molar-refractivity contribution in [2.75, 3.05) is 43.6 Å². The molecule has 0 saturated heterocycles. The zero-order chi connectivity index (χ0) is 14.3. The lowest BCUT2D eigenvalue weighted by Crippen LogP contribution is -2.28. The molecule has 108 valence electrons. The Balaban J connectivity index is 2.49. The van der Waals surface area contributed by atoms with Gasteiger partial charge in [-0.25, -0.2) is 17.7 Å². The highest BCUT2D eigenvalue weighted by atomic mass is 32.2. The first-order chi connectivity index (χ1) is 8.95. The minimum atomic E-state index is -3.17. The molecule has 19 heavy (non-hydrogen) atoms. The van der Waals surface area contributed by atoms with Crippen LogP contribution in [0.2, 0.25) is 0 Å². The predicted octanol–water partition coefficient (Wildman–Crippen LogP) is 1.21. The highest BCUT2D eigenvalue weighted by Gasteiger charge is 2.12. The van der Waals surface area contributed by atoms with Crippen molar-refractivity contribution in [1.29, 1.82) is 0 Å². The Morgan fingerprint density at radius 2 is 1.74 bits per heavy atom. The van der Waals surface area contributed by atoms with Crippen molar-refractivity contribution >= 4 is 21.7 Å². The molecular formula is C12H22N4O2S. The van der Waals surface area contributed by atoms with E-state index in [0.29, 0.717) is 12.4 Å². The van der Waals surface area contributed by atoms with Gasteiger partial charge in [0.05, 0.1) is 5.75 Å². The highest BCUT2D eigenvalue weighted by Crippen LogP contribution is 2.09. The minimum absolute atomic E-state index is 0.0499. The molecule has 0 radical (unpaired) electrons. The molecule has 0 spiro atoms. The van der Waals surface area contributed by atoms with Crippen molar-refractivity contribution in [3.63, 3.8) is 0 Å². The van der Waals surface area contributed by atoms with Crippen molar-refractivity contribution in [3.8, 4) is 0 Å². The fourth-order valence-corrected chi connectivity index (χ4v) is 2.10. The molecule has 0 bridgehead atoms. The van der Waals surface area contributed by atoms with Gasteiger partial charge in [-0.1, -0.05) is 13.0 Å². The lowest BCUT2D eigenvalue weighted by Gasteiger charge is -2.12. The van der Waals surface area contributed by atoms with Gasteiger partial charge in [0.1, 0.15) is 11.6 Å². The summed E-state index contributed by atoms with van der Waals surface area (Å²) in [5, 5.41) is 6.20. The Hall–Kier alpha value is -1.34. The van der Waals surface area contributed by atoms with Gasteiger partial charge in [0.25, 0.3) is 0 Å². The van der Waals surface area contributed by atoms with E-state index in [9.17, 15) is 8.42 Å². The molecule has 0 amide bonds. The topological polar surface area (TPSA) is 74.3 Å². The number of hydrogen-bond acceptors (Lipinski definition) is 5. The number of nitrogens with one attached hydrogen (secondary N) is 2. The molecule has 0 aromatic carbocycles. The van der Waals surface area contributed by atoms with E-state index in [0.717, 1.165) is 18.8 Å². The highest BCUT2D eigenvalue weighted by molar-refractivity contribution is 7.89. The summed E-state index contributed by atoms with van der Waals surface area (Å²) in [5.74, 6) is 1.52. The second kappa shape index (κ2) is 7.30. The quantitative estimate of drug-likeness (QED) is 0.751. The fraction of sp³-hybridized carbons (Fsp3) is 0.583. The maximum Gasteiger partial charge on any atom is 0.215 e. The summed E-state index contributed by atoms with van der Waals surface area (Å²) in [5.41, 5.74) is 0. The van der Waals surface area contributed by atoms with Gasteiger partial charge in [0.2, 0.25) is 10.0 Å². The van der Waals surface area contributed by atoms with Crippen molar-refractivity contribution in [2.24, 2.45) is 0 Å². The summed E-state index contributed by atoms with van der Waals surface area (Å²) in [7, 11) is -0.104. The first-order valence-electron chi connectivity index (χ1n) is 6.30. The molecule has 1 aromatic heterocycles. The van der Waals surface area contributed by atoms with Crippen LogP contribution < -0.4 is 10.6 Å². The number of sulfonamides is 1. The summed E-state index contributed by atoms with van der Waals surface area (Å²) < 4.78 is 24.4. The Morgan fingerprint density at radius 3 is 2.26 bits per heavy atom. The van der Waals surface area contributed by atoms with Crippen LogP contribution in [0, 0.1) is 0 Å². The lowest BCUT2D eigenvalue weighted by atomic mass is 10.4. The van der Waals surface area contributed by atoms with Crippen molar-refractivity contribution in [1.82, 2.24) is 9.29 Å². The molecular weight excluding hydrogens is 264 g/mol. The Morgan fingerprint density at radius 1 is 1.16 bits per heavy atom. The zero-order valence-electron chi connectivity index (χ0n) is 11.7. The fourth-order valence-electron chi connectivity index (χ4n) is 1.38. The van der Waals surface area contributed by atoms with Crippen LogP contribution in [-0.2, 0) is 10.0 Å². The van der Waals surface area contributed by atoms with Crippen LogP contribution in [0.5, 0.6) is 0 Å². The van der Waals surface area contributed by atoms with Gasteiger partial charge in [-0.15, -0.1) is 0 Å². The molecule has 1 heterocycles. The maximum atomic E-state index is 11.6. The third-order valence-electron chi connectivity index (χ3n) is 2.53. The second-order valence-corrected chi connectivity index (χ2v) is 6.66. The summed E-state index contributed by atoms with van der Waals surface area (Å²) in [6.45, 7) is 3.29. The van der Waals surface area contributed by atoms with Gasteiger partial charge < -0.3 is 10.6 Å². The van der Waals surface area contributed by atoms with Crippen molar-refractivity contribution in [3.05, 3.63) is 18.2 Å². The second-order valence-electron chi connectivity index (χ2n) is 4.36. The smallest absolute Gasteiger partial charge is 0.215 e. The Labute approximate surface area is 115 Å². The summed E-state index contributed by atoms with van der Waals surface area (Å²) >= 11 is 0. The van der Waals surface area contributed by atoms with Crippen LogP contribution in [0.15, 0.2) is 18.2 Å². The normalized spacial score (nSPS) is 11.6. The monoisotopic (exact) mass is 286 g/mol. The number of hydrogen-bond donors (Lipinski definition) is 2. The van der Waals surface area contributed by atoms with E-state index in [1.165, 1.54) is 18.4 Å². The molecule has 0 saturated carbocycles. The van der Waals surface area contributed by atoms with Gasteiger partial charge in [-0.3, -0.25) is 0 Å². The number of anilines is 2. The van der Waals surface area contributed by atoms with Crippen LogP contribution in [0.4, 0.5) is 11.6 Å². The van der Waals surface area contributed by atoms with Gasteiger partial charge >= 0.3 is 0 Å². The number of aromatic nitrogens is 1. The number of pyridine rings is 1. The lowest BCUT2D eigenvalue weighted by molar-refractivity contribution is 0.521. The van der Waals surface area contributed by atoms with E-state index >= 15 is 0 Å². The van der Waals surface area contributed by atoms with E-state index in [4.69, 9.17) is 0 Å². The average molecular weight is 286 g/mol. The molecule has 1 rings (SSSR count). The Kier molecular flexibility index (Phi) is 6.04. The third kappa shape index (κ3) is 5.44. The summed E-state index contributed by atoms with van der Waals surface area (Å²) in [6, 6.07) is 5.59. The van der Waals surface area contributed by atoms with E-state index in [2.05, 4.69) is 22.5 Å². The van der Waals surface area contributed by atoms with Crippen LogP contribution in [0.3, 0.4) is 0 Å². The molecule has 2 N–H and O–H groups in total. The minimum Gasteiger partial charge on any atom is -0.370 e. The predicted molar refractivity (Wildman–Crippen MR) is 79.0 cm³/mol. The van der Waals surface area contributed by atoms with Gasteiger partial charge in [0, 0.05) is 27.2 Å². The number of rotatable bonds is 8. The standard InChI is InChI=1S/C12H22N4O2S/c1-4-8-13-11-6-5-7-12(15-11)14-9-10-19(17,18)16(2)3/h5-7H,4,8-10H2,1-3H3,(H2,13,14,15). The van der Waals surface area contributed by atoms with E-state index in [-0.39, 0.29) is 5.75 Å². The van der Waals surface area contributed by atoms with Crippen LogP contribution >= 0.6 is 0 Å². The molecule has 6 nitrogen and oxygen atoms in total. The van der Waals surface area contributed by atoms with Gasteiger partial charge in [-0.2, -0.15) is 0 Å². The summed E-state index contributed by atoms with van der Waals surface area (Å²) in [4.78, 5) is 4.34. The molecule has 0 aliphatic carbocycles. The van der Waals surface area contributed by atoms with Crippen LogP contribution in [0.25, 0.3) is 0 Å². The maximum absolute atomic E-state index is 11.6. The molecule has 7 heteroatoms. The van der Waals surface area contributed by atoms with Crippen LogP contribution in [0.1, 0.15) is 13.3 Å². The SMILES string of the molecule is CCCNc1cccc(NCCS(=O)(=O)N(C)C)n1. The Bertz CT molecular complexity index is 488. The third-order valence-corrected chi connectivity index (χ3v) is 4.36. The molecule has 0 fully saturated rings. The van der Waals surface area contributed by atoms with Gasteiger partial charge in [0.15, 0.2) is 0 Å². The van der Waals surface area contributed by atoms with Crippen molar-refractivity contribution in [2.45, 2.75) is 13.3 Å². The first-order valence-corrected chi connectivity index (χ1v) is 7.91.